The number of esters is 1. The van der Waals surface area contributed by atoms with Crippen molar-refractivity contribution in [1.82, 2.24) is 0 Å². The van der Waals surface area contributed by atoms with E-state index in [1.807, 2.05) is 13.8 Å². The molecule has 0 aliphatic carbocycles. The van der Waals surface area contributed by atoms with Crippen LogP contribution in [0.2, 0.25) is 0 Å². The molecular formula is C10H21NO2. The van der Waals surface area contributed by atoms with Crippen LogP contribution in [0, 0.1) is 11.8 Å². The first-order chi connectivity index (χ1) is 5.79. The standard InChI is InChI=1S/C10H21NO2/c1-7(2)8(10(3,4)11)6-9(12)13-5/h7-8H,6,11H2,1-5H3. The lowest BCUT2D eigenvalue weighted by molar-refractivity contribution is -0.142. The van der Waals surface area contributed by atoms with Crippen LogP contribution in [0.5, 0.6) is 0 Å². The average Bonchev–Trinajstić information content (AvgIpc) is 1.96. The minimum atomic E-state index is -0.331. The normalized spacial score (nSPS) is 14.4. The van der Waals surface area contributed by atoms with Crippen LogP contribution < -0.4 is 5.73 Å². The van der Waals surface area contributed by atoms with E-state index in [0.29, 0.717) is 12.3 Å². The van der Waals surface area contributed by atoms with E-state index in [1.54, 1.807) is 0 Å². The second kappa shape index (κ2) is 4.61. The summed E-state index contributed by atoms with van der Waals surface area (Å²) in [6.45, 7) is 8.03. The molecule has 0 saturated carbocycles. The molecule has 0 aliphatic rings. The molecule has 3 heteroatoms. The molecular weight excluding hydrogens is 166 g/mol. The molecule has 0 amide bonds. The Kier molecular flexibility index (Phi) is 4.40. The zero-order chi connectivity index (χ0) is 10.6. The monoisotopic (exact) mass is 187 g/mol. The molecule has 0 aromatic heterocycles. The summed E-state index contributed by atoms with van der Waals surface area (Å²) in [5.74, 6) is 0.372. The SMILES string of the molecule is COC(=O)CC(C(C)C)C(C)(C)N. The van der Waals surface area contributed by atoms with Crippen molar-refractivity contribution in [3.63, 3.8) is 0 Å². The Morgan fingerprint density at radius 3 is 2.15 bits per heavy atom. The van der Waals surface area contributed by atoms with Crippen LogP contribution >= 0.6 is 0 Å². The van der Waals surface area contributed by atoms with E-state index in [0.717, 1.165) is 0 Å². The Bertz CT molecular complexity index is 170. The number of hydrogen-bond donors (Lipinski definition) is 1. The van der Waals surface area contributed by atoms with Gasteiger partial charge in [-0.3, -0.25) is 4.79 Å². The van der Waals surface area contributed by atoms with Gasteiger partial charge in [0.1, 0.15) is 0 Å². The lowest BCUT2D eigenvalue weighted by Crippen LogP contribution is -2.44. The van der Waals surface area contributed by atoms with E-state index < -0.39 is 0 Å². The highest BCUT2D eigenvalue weighted by molar-refractivity contribution is 5.69. The van der Waals surface area contributed by atoms with Crippen LogP contribution in [0.3, 0.4) is 0 Å². The summed E-state index contributed by atoms with van der Waals surface area (Å²) in [6.07, 6.45) is 0.400. The van der Waals surface area contributed by atoms with Gasteiger partial charge >= 0.3 is 5.97 Å². The summed E-state index contributed by atoms with van der Waals surface area (Å²) >= 11 is 0. The Hall–Kier alpha value is -0.570. The molecule has 0 aliphatic heterocycles. The highest BCUT2D eigenvalue weighted by Gasteiger charge is 2.30. The van der Waals surface area contributed by atoms with Crippen LogP contribution in [0.25, 0.3) is 0 Å². The van der Waals surface area contributed by atoms with Crippen molar-refractivity contribution >= 4 is 5.97 Å². The number of hydrogen-bond acceptors (Lipinski definition) is 3. The van der Waals surface area contributed by atoms with Gasteiger partial charge in [0, 0.05) is 5.54 Å². The minimum Gasteiger partial charge on any atom is -0.469 e. The van der Waals surface area contributed by atoms with E-state index in [9.17, 15) is 4.79 Å². The maximum Gasteiger partial charge on any atom is 0.305 e. The fourth-order valence-corrected chi connectivity index (χ4v) is 1.62. The molecule has 1 unspecified atom stereocenters. The van der Waals surface area contributed by atoms with Crippen molar-refractivity contribution in [2.75, 3.05) is 7.11 Å². The van der Waals surface area contributed by atoms with E-state index >= 15 is 0 Å². The van der Waals surface area contributed by atoms with Crippen molar-refractivity contribution in [2.24, 2.45) is 17.6 Å². The van der Waals surface area contributed by atoms with Gasteiger partial charge in [0.15, 0.2) is 0 Å². The number of methoxy groups -OCH3 is 1. The van der Waals surface area contributed by atoms with Crippen molar-refractivity contribution < 1.29 is 9.53 Å². The summed E-state index contributed by atoms with van der Waals surface area (Å²) in [5.41, 5.74) is 5.64. The summed E-state index contributed by atoms with van der Waals surface area (Å²) in [7, 11) is 1.41. The molecule has 0 aromatic rings. The second-order valence-corrected chi connectivity index (χ2v) is 4.45. The highest BCUT2D eigenvalue weighted by Crippen LogP contribution is 2.26. The van der Waals surface area contributed by atoms with E-state index in [2.05, 4.69) is 18.6 Å². The first-order valence-corrected chi connectivity index (χ1v) is 4.64. The van der Waals surface area contributed by atoms with Crippen LogP contribution in [0.15, 0.2) is 0 Å². The molecule has 0 bridgehead atoms. The zero-order valence-corrected chi connectivity index (χ0v) is 9.26. The fraction of sp³-hybridized carbons (Fsp3) is 0.900. The third-order valence-corrected chi connectivity index (χ3v) is 2.37. The molecule has 13 heavy (non-hydrogen) atoms. The first kappa shape index (κ1) is 12.4. The molecule has 0 fully saturated rings. The fourth-order valence-electron chi connectivity index (χ4n) is 1.62. The molecule has 3 nitrogen and oxygen atoms in total. The van der Waals surface area contributed by atoms with Crippen LogP contribution in [0.4, 0.5) is 0 Å². The second-order valence-electron chi connectivity index (χ2n) is 4.45. The number of carbonyl (C=O) groups excluding carboxylic acids is 1. The summed E-state index contributed by atoms with van der Waals surface area (Å²) < 4.78 is 4.63. The van der Waals surface area contributed by atoms with Crippen molar-refractivity contribution in [3.8, 4) is 0 Å². The van der Waals surface area contributed by atoms with Gasteiger partial charge in [-0.25, -0.2) is 0 Å². The molecule has 0 saturated heterocycles. The smallest absolute Gasteiger partial charge is 0.305 e. The molecule has 0 aromatic carbocycles. The molecule has 0 rings (SSSR count). The van der Waals surface area contributed by atoms with Crippen LogP contribution in [0.1, 0.15) is 34.1 Å². The molecule has 2 N–H and O–H groups in total. The third kappa shape index (κ3) is 4.27. The van der Waals surface area contributed by atoms with E-state index in [1.165, 1.54) is 7.11 Å². The largest absolute Gasteiger partial charge is 0.469 e. The van der Waals surface area contributed by atoms with Gasteiger partial charge < -0.3 is 10.5 Å². The number of rotatable bonds is 4. The highest BCUT2D eigenvalue weighted by atomic mass is 16.5. The predicted octanol–water partition coefficient (Wildman–Crippen LogP) is 1.56. The quantitative estimate of drug-likeness (QED) is 0.679. The van der Waals surface area contributed by atoms with Gasteiger partial charge in [0.2, 0.25) is 0 Å². The van der Waals surface area contributed by atoms with Gasteiger partial charge in [-0.15, -0.1) is 0 Å². The Morgan fingerprint density at radius 1 is 1.46 bits per heavy atom. The van der Waals surface area contributed by atoms with E-state index in [-0.39, 0.29) is 17.4 Å². The maximum absolute atomic E-state index is 11.1. The van der Waals surface area contributed by atoms with Gasteiger partial charge in [0.05, 0.1) is 13.5 Å². The zero-order valence-electron chi connectivity index (χ0n) is 9.26. The van der Waals surface area contributed by atoms with Crippen molar-refractivity contribution in [1.29, 1.82) is 0 Å². The predicted molar refractivity (Wildman–Crippen MR) is 53.2 cm³/mol. The number of ether oxygens (including phenoxy) is 1. The number of carbonyl (C=O) groups is 1. The molecule has 0 radical (unpaired) electrons. The van der Waals surface area contributed by atoms with Gasteiger partial charge in [-0.05, 0) is 25.7 Å². The summed E-state index contributed by atoms with van der Waals surface area (Å²) in [5, 5.41) is 0. The Labute approximate surface area is 80.6 Å². The molecule has 78 valence electrons. The van der Waals surface area contributed by atoms with Gasteiger partial charge in [0.25, 0.3) is 0 Å². The van der Waals surface area contributed by atoms with Gasteiger partial charge in [-0.2, -0.15) is 0 Å². The molecule has 1 atom stereocenters. The van der Waals surface area contributed by atoms with Gasteiger partial charge in [-0.1, -0.05) is 13.8 Å². The third-order valence-electron chi connectivity index (χ3n) is 2.37. The van der Waals surface area contributed by atoms with Crippen LogP contribution in [-0.4, -0.2) is 18.6 Å². The first-order valence-electron chi connectivity index (χ1n) is 4.64. The molecule has 0 heterocycles. The summed E-state index contributed by atoms with van der Waals surface area (Å²) in [4.78, 5) is 11.1. The maximum atomic E-state index is 11.1. The average molecular weight is 187 g/mol. The Morgan fingerprint density at radius 2 is 1.92 bits per heavy atom. The van der Waals surface area contributed by atoms with Crippen LogP contribution in [-0.2, 0) is 9.53 Å². The number of nitrogens with two attached hydrogens (primary N) is 1. The lowest BCUT2D eigenvalue weighted by Gasteiger charge is -2.32. The molecule has 0 spiro atoms. The van der Waals surface area contributed by atoms with E-state index in [4.69, 9.17) is 5.73 Å². The summed E-state index contributed by atoms with van der Waals surface area (Å²) in [6, 6.07) is 0. The lowest BCUT2D eigenvalue weighted by atomic mass is 9.78. The Balaban J connectivity index is 4.36. The minimum absolute atomic E-state index is 0.167. The van der Waals surface area contributed by atoms with Crippen molar-refractivity contribution in [2.45, 2.75) is 39.7 Å². The topological polar surface area (TPSA) is 52.3 Å². The van der Waals surface area contributed by atoms with Crippen molar-refractivity contribution in [3.05, 3.63) is 0 Å².